The minimum atomic E-state index is -0.443. The van der Waals surface area contributed by atoms with E-state index < -0.39 is 6.09 Å². The van der Waals surface area contributed by atoms with Gasteiger partial charge in [0.2, 0.25) is 0 Å². The summed E-state index contributed by atoms with van der Waals surface area (Å²) in [6, 6.07) is 3.77. The van der Waals surface area contributed by atoms with Gasteiger partial charge >= 0.3 is 6.09 Å². The third kappa shape index (κ3) is 5.95. The van der Waals surface area contributed by atoms with Crippen molar-refractivity contribution in [3.8, 4) is 17.2 Å². The number of hydrogen-bond donors (Lipinski definition) is 1. The molecule has 0 radical (unpaired) electrons. The minimum absolute atomic E-state index is 0.270. The van der Waals surface area contributed by atoms with E-state index in [1.807, 2.05) is 26.0 Å². The lowest BCUT2D eigenvalue weighted by molar-refractivity contribution is 0.128. The normalized spacial score (nSPS) is 15.7. The molecule has 1 aliphatic carbocycles. The number of nitrogens with zero attached hydrogens (tertiary/aromatic N) is 2. The van der Waals surface area contributed by atoms with Crippen LogP contribution in [0.3, 0.4) is 0 Å². The molecule has 1 aliphatic rings. The molecule has 1 saturated carbocycles. The Kier molecular flexibility index (Phi) is 7.49. The molecule has 2 heterocycles. The molecule has 29 heavy (non-hydrogen) atoms. The summed E-state index contributed by atoms with van der Waals surface area (Å²) in [7, 11) is 0. The molecule has 0 spiro atoms. The van der Waals surface area contributed by atoms with Gasteiger partial charge in [-0.1, -0.05) is 31.8 Å². The molecule has 158 valence electrons. The van der Waals surface area contributed by atoms with Crippen molar-refractivity contribution in [2.24, 2.45) is 5.92 Å². The van der Waals surface area contributed by atoms with E-state index in [0.29, 0.717) is 29.7 Å². The number of amides is 1. The summed E-state index contributed by atoms with van der Waals surface area (Å²) in [5.41, 5.74) is 2.16. The molecule has 7 heteroatoms. The summed E-state index contributed by atoms with van der Waals surface area (Å²) in [5.74, 6) is 1.66. The Morgan fingerprint density at radius 3 is 2.79 bits per heavy atom. The second-order valence-electron chi connectivity index (χ2n) is 7.80. The molecule has 0 aliphatic heterocycles. The number of pyridine rings is 1. The molecule has 7 nitrogen and oxygen atoms in total. The van der Waals surface area contributed by atoms with E-state index >= 15 is 0 Å². The topological polar surface area (TPSA) is 86.5 Å². The molecule has 1 N–H and O–H groups in total. The number of aryl methyl sites for hydroxylation is 1. The number of carbonyl (C=O) groups excluding carboxylic acids is 1. The van der Waals surface area contributed by atoms with Crippen LogP contribution in [0.15, 0.2) is 22.9 Å². The standard InChI is InChI=1S/C22H31N3O4/c1-4-15(2)14-27-22(26)24-13-19-16(3)25-29-21(19)20-11-10-18(12-23-20)28-17-8-6-5-7-9-17/h10-12,15,17H,4-9,13-14H2,1-3H3,(H,24,26)/t15-/m0/s1. The van der Waals surface area contributed by atoms with Crippen LogP contribution in [0.4, 0.5) is 4.79 Å². The maximum absolute atomic E-state index is 11.9. The van der Waals surface area contributed by atoms with Crippen LogP contribution in [-0.4, -0.2) is 28.9 Å². The zero-order valence-electron chi connectivity index (χ0n) is 17.6. The minimum Gasteiger partial charge on any atom is -0.489 e. The van der Waals surface area contributed by atoms with E-state index in [4.69, 9.17) is 14.0 Å². The number of rotatable bonds is 8. The van der Waals surface area contributed by atoms with Gasteiger partial charge in [0.05, 0.1) is 31.1 Å². The first kappa shape index (κ1) is 21.1. The first-order chi connectivity index (χ1) is 14.1. The quantitative estimate of drug-likeness (QED) is 0.668. The number of hydrogen-bond acceptors (Lipinski definition) is 6. The maximum Gasteiger partial charge on any atom is 0.407 e. The number of alkyl carbamates (subject to hydrolysis) is 1. The Bertz CT molecular complexity index is 782. The molecule has 1 fully saturated rings. The number of aromatic nitrogens is 2. The highest BCUT2D eigenvalue weighted by atomic mass is 16.5. The van der Waals surface area contributed by atoms with Gasteiger partial charge in [-0.3, -0.25) is 0 Å². The summed E-state index contributed by atoms with van der Waals surface area (Å²) < 4.78 is 16.7. The van der Waals surface area contributed by atoms with E-state index in [2.05, 4.69) is 22.4 Å². The van der Waals surface area contributed by atoms with Gasteiger partial charge in [-0.05, 0) is 50.7 Å². The lowest BCUT2D eigenvalue weighted by Gasteiger charge is -2.22. The van der Waals surface area contributed by atoms with Crippen LogP contribution in [0.1, 0.15) is 63.6 Å². The van der Waals surface area contributed by atoms with Crippen molar-refractivity contribution in [3.05, 3.63) is 29.6 Å². The SMILES string of the molecule is CC[C@H](C)COC(=O)NCc1c(C)noc1-c1ccc(OC2CCCCC2)cn1. The summed E-state index contributed by atoms with van der Waals surface area (Å²) >= 11 is 0. The Morgan fingerprint density at radius 2 is 2.10 bits per heavy atom. The van der Waals surface area contributed by atoms with E-state index in [0.717, 1.165) is 30.6 Å². The van der Waals surface area contributed by atoms with Crippen molar-refractivity contribution in [2.75, 3.05) is 6.61 Å². The molecular formula is C22H31N3O4. The highest BCUT2D eigenvalue weighted by Gasteiger charge is 2.19. The van der Waals surface area contributed by atoms with Gasteiger partial charge in [0, 0.05) is 5.56 Å². The van der Waals surface area contributed by atoms with Crippen molar-refractivity contribution in [1.82, 2.24) is 15.5 Å². The Labute approximate surface area is 172 Å². The predicted molar refractivity (Wildman–Crippen MR) is 110 cm³/mol. The lowest BCUT2D eigenvalue weighted by Crippen LogP contribution is -2.25. The number of carbonyl (C=O) groups is 1. The third-order valence-electron chi connectivity index (χ3n) is 5.41. The van der Waals surface area contributed by atoms with Crippen molar-refractivity contribution >= 4 is 6.09 Å². The van der Waals surface area contributed by atoms with Gasteiger partial charge < -0.3 is 19.3 Å². The highest BCUT2D eigenvalue weighted by molar-refractivity contribution is 5.68. The molecule has 3 rings (SSSR count). The zero-order chi connectivity index (χ0) is 20.6. The van der Waals surface area contributed by atoms with E-state index in [-0.39, 0.29) is 12.6 Å². The molecular weight excluding hydrogens is 370 g/mol. The fraction of sp³-hybridized carbons (Fsp3) is 0.591. The molecule has 2 aromatic heterocycles. The van der Waals surface area contributed by atoms with Crippen LogP contribution in [-0.2, 0) is 11.3 Å². The van der Waals surface area contributed by atoms with Crippen LogP contribution < -0.4 is 10.1 Å². The number of nitrogens with one attached hydrogen (secondary N) is 1. The summed E-state index contributed by atoms with van der Waals surface area (Å²) in [4.78, 5) is 16.4. The molecule has 0 unspecified atom stereocenters. The van der Waals surface area contributed by atoms with Crippen molar-refractivity contribution in [1.29, 1.82) is 0 Å². The van der Waals surface area contributed by atoms with E-state index in [1.54, 1.807) is 6.20 Å². The van der Waals surface area contributed by atoms with E-state index in [9.17, 15) is 4.79 Å². The lowest BCUT2D eigenvalue weighted by atomic mass is 9.98. The van der Waals surface area contributed by atoms with Gasteiger partial charge in [0.15, 0.2) is 5.76 Å². The third-order valence-corrected chi connectivity index (χ3v) is 5.41. The molecule has 0 aromatic carbocycles. The van der Waals surface area contributed by atoms with Crippen LogP contribution in [0.2, 0.25) is 0 Å². The van der Waals surface area contributed by atoms with Crippen molar-refractivity contribution < 1.29 is 18.8 Å². The van der Waals surface area contributed by atoms with Gasteiger partial charge in [-0.15, -0.1) is 0 Å². The Balaban J connectivity index is 1.60. The van der Waals surface area contributed by atoms with Crippen LogP contribution >= 0.6 is 0 Å². The number of ether oxygens (including phenoxy) is 2. The largest absolute Gasteiger partial charge is 0.489 e. The smallest absolute Gasteiger partial charge is 0.407 e. The predicted octanol–water partition coefficient (Wildman–Crippen LogP) is 5.03. The Morgan fingerprint density at radius 1 is 1.31 bits per heavy atom. The average Bonchev–Trinajstić information content (AvgIpc) is 3.12. The summed E-state index contributed by atoms with van der Waals surface area (Å²) in [6.45, 7) is 6.63. The zero-order valence-corrected chi connectivity index (χ0v) is 17.6. The van der Waals surface area contributed by atoms with Crippen LogP contribution in [0, 0.1) is 12.8 Å². The van der Waals surface area contributed by atoms with Crippen molar-refractivity contribution in [3.63, 3.8) is 0 Å². The second-order valence-corrected chi connectivity index (χ2v) is 7.80. The van der Waals surface area contributed by atoms with Crippen LogP contribution in [0.5, 0.6) is 5.75 Å². The fourth-order valence-electron chi connectivity index (χ4n) is 3.31. The first-order valence-corrected chi connectivity index (χ1v) is 10.6. The van der Waals surface area contributed by atoms with Crippen LogP contribution in [0.25, 0.3) is 11.5 Å². The maximum atomic E-state index is 11.9. The fourth-order valence-corrected chi connectivity index (χ4v) is 3.31. The van der Waals surface area contributed by atoms with Gasteiger partial charge in [0.25, 0.3) is 0 Å². The molecule has 2 aromatic rings. The Hall–Kier alpha value is -2.57. The molecule has 1 atom stereocenters. The van der Waals surface area contributed by atoms with Gasteiger partial charge in [-0.25, -0.2) is 9.78 Å². The summed E-state index contributed by atoms with van der Waals surface area (Å²) in [6.07, 6.45) is 8.48. The molecule has 0 saturated heterocycles. The van der Waals surface area contributed by atoms with Crippen molar-refractivity contribution in [2.45, 2.75) is 71.9 Å². The van der Waals surface area contributed by atoms with Gasteiger partial charge in [-0.2, -0.15) is 0 Å². The monoisotopic (exact) mass is 401 g/mol. The molecule has 1 amide bonds. The second kappa shape index (κ2) is 10.3. The van der Waals surface area contributed by atoms with E-state index in [1.165, 1.54) is 19.3 Å². The first-order valence-electron chi connectivity index (χ1n) is 10.6. The molecule has 0 bridgehead atoms. The highest BCUT2D eigenvalue weighted by Crippen LogP contribution is 2.27. The average molecular weight is 402 g/mol. The van der Waals surface area contributed by atoms with Gasteiger partial charge in [0.1, 0.15) is 11.4 Å². The summed E-state index contributed by atoms with van der Waals surface area (Å²) in [5, 5.41) is 6.80.